The zero-order valence-electron chi connectivity index (χ0n) is 16.0. The van der Waals surface area contributed by atoms with Gasteiger partial charge in [-0.15, -0.1) is 0 Å². The first kappa shape index (κ1) is 21.4. The quantitative estimate of drug-likeness (QED) is 0.187. The highest BCUT2D eigenvalue weighted by Crippen LogP contribution is 2.22. The third-order valence-electron chi connectivity index (χ3n) is 4.04. The molecule has 0 aliphatic heterocycles. The Morgan fingerprint density at radius 1 is 1.13 bits per heavy atom. The lowest BCUT2D eigenvalue weighted by Crippen LogP contribution is -2.15. The molecule has 1 amide bonds. The Bertz CT molecular complexity index is 1210. The van der Waals surface area contributed by atoms with Crippen LogP contribution in [0.1, 0.15) is 17.8 Å². The summed E-state index contributed by atoms with van der Waals surface area (Å²) in [7, 11) is 0. The number of benzene rings is 2. The van der Waals surface area contributed by atoms with Crippen LogP contribution in [0.4, 0.5) is 8.78 Å². The number of halogens is 2. The molecule has 0 radical (unpaired) electrons. The summed E-state index contributed by atoms with van der Waals surface area (Å²) < 4.78 is 24.5. The molecule has 0 fully saturated rings. The summed E-state index contributed by atoms with van der Waals surface area (Å²) in [5, 5.41) is 3.71. The van der Waals surface area contributed by atoms with E-state index in [4.69, 9.17) is 0 Å². The maximum Gasteiger partial charge on any atom is 0.263 e. The summed E-state index contributed by atoms with van der Waals surface area (Å²) in [4.78, 5) is 35.8. The van der Waals surface area contributed by atoms with Gasteiger partial charge in [-0.1, -0.05) is 30.0 Å². The molecule has 2 heterocycles. The van der Waals surface area contributed by atoms with E-state index in [1.54, 1.807) is 31.2 Å². The van der Waals surface area contributed by atoms with Crippen molar-refractivity contribution in [2.75, 3.05) is 12.3 Å². The Morgan fingerprint density at radius 2 is 1.93 bits per heavy atom. The molecule has 4 rings (SSSR count). The highest BCUT2D eigenvalue weighted by molar-refractivity contribution is 7.99. The maximum atomic E-state index is 12.3. The van der Waals surface area contributed by atoms with Crippen molar-refractivity contribution in [3.8, 4) is 0 Å². The van der Waals surface area contributed by atoms with Gasteiger partial charge >= 0.3 is 0 Å². The number of fused-ring (bicyclic) bond motifs is 2. The fraction of sp³-hybridized carbons (Fsp3) is 0.200. The fourth-order valence-corrected chi connectivity index (χ4v) is 3.43. The van der Waals surface area contributed by atoms with E-state index in [1.165, 1.54) is 23.9 Å². The third kappa shape index (κ3) is 5.41. The molecule has 0 aliphatic carbocycles. The molecule has 0 saturated carbocycles. The van der Waals surface area contributed by atoms with Crippen molar-refractivity contribution >= 4 is 40.1 Å². The summed E-state index contributed by atoms with van der Waals surface area (Å²) in [5.74, 6) is 1.40. The van der Waals surface area contributed by atoms with E-state index < -0.39 is 6.43 Å². The number of aromatic nitrogens is 4. The molecule has 0 atom stereocenters. The molecule has 30 heavy (non-hydrogen) atoms. The number of hydrogen-bond acceptors (Lipinski definition) is 5. The number of thioether (sulfide) groups is 1. The Labute approximate surface area is 174 Å². The molecule has 3 N–H and O–H groups in total. The van der Waals surface area contributed by atoms with Crippen molar-refractivity contribution in [1.29, 1.82) is 0 Å². The molecular formula is C20H19F2N5O2S. The van der Waals surface area contributed by atoms with Crippen LogP contribution in [0.2, 0.25) is 0 Å². The van der Waals surface area contributed by atoms with Gasteiger partial charge < -0.3 is 15.3 Å². The predicted octanol–water partition coefficient (Wildman–Crippen LogP) is 3.57. The monoisotopic (exact) mass is 431 g/mol. The number of aryl methyl sites for hydroxylation is 1. The summed E-state index contributed by atoms with van der Waals surface area (Å²) in [5.41, 5.74) is 1.96. The van der Waals surface area contributed by atoms with E-state index in [-0.39, 0.29) is 11.1 Å². The van der Waals surface area contributed by atoms with Crippen molar-refractivity contribution in [2.45, 2.75) is 18.5 Å². The van der Waals surface area contributed by atoms with Crippen LogP contribution in [0.15, 0.2) is 52.4 Å². The minimum absolute atomic E-state index is 0.0242. The van der Waals surface area contributed by atoms with Crippen molar-refractivity contribution in [1.82, 2.24) is 25.3 Å². The Kier molecular flexibility index (Phi) is 7.12. The van der Waals surface area contributed by atoms with E-state index in [9.17, 15) is 18.4 Å². The van der Waals surface area contributed by atoms with Gasteiger partial charge in [0.1, 0.15) is 5.82 Å². The summed E-state index contributed by atoms with van der Waals surface area (Å²) in [6.45, 7) is 2.34. The van der Waals surface area contributed by atoms with Gasteiger partial charge in [-0.3, -0.25) is 9.59 Å². The van der Waals surface area contributed by atoms with E-state index in [0.717, 1.165) is 11.3 Å². The number of nitrogens with zero attached hydrogens (tertiary/aromatic N) is 2. The average Bonchev–Trinajstić information content (AvgIpc) is 3.11. The molecule has 156 valence electrons. The average molecular weight is 431 g/mol. The number of rotatable bonds is 6. The van der Waals surface area contributed by atoms with Crippen LogP contribution < -0.4 is 10.9 Å². The number of hydrogen-bond donors (Lipinski definition) is 3. The number of nitrogens with one attached hydrogen (secondary N) is 3. The lowest BCUT2D eigenvalue weighted by atomic mass is 10.2. The molecule has 0 saturated heterocycles. The van der Waals surface area contributed by atoms with Crippen LogP contribution in [0, 0.1) is 6.92 Å². The number of carbonyl (C=O) groups is 1. The van der Waals surface area contributed by atoms with Gasteiger partial charge in [-0.05, 0) is 31.2 Å². The summed E-state index contributed by atoms with van der Waals surface area (Å²) in [6.07, 6.45) is -1.77. The lowest BCUT2D eigenvalue weighted by molar-refractivity contribution is -0.109. The van der Waals surface area contributed by atoms with Gasteiger partial charge in [0.25, 0.3) is 12.0 Å². The van der Waals surface area contributed by atoms with Crippen LogP contribution >= 0.6 is 11.8 Å². The van der Waals surface area contributed by atoms with E-state index >= 15 is 0 Å². The highest BCUT2D eigenvalue weighted by atomic mass is 32.2. The van der Waals surface area contributed by atoms with Crippen LogP contribution in [0.5, 0.6) is 0 Å². The normalized spacial score (nSPS) is 10.8. The maximum absolute atomic E-state index is 12.3. The first-order chi connectivity index (χ1) is 14.5. The number of amides is 1. The second kappa shape index (κ2) is 9.97. The Hall–Kier alpha value is -3.27. The fourth-order valence-electron chi connectivity index (χ4n) is 2.69. The number of H-pyrrole nitrogens is 2. The van der Waals surface area contributed by atoms with E-state index in [2.05, 4.69) is 25.3 Å². The molecule has 2 aromatic heterocycles. The molecule has 4 aromatic rings. The molecule has 7 nitrogen and oxygen atoms in total. The van der Waals surface area contributed by atoms with Crippen molar-refractivity contribution < 1.29 is 13.6 Å². The van der Waals surface area contributed by atoms with E-state index in [1.807, 2.05) is 6.07 Å². The Morgan fingerprint density at radius 3 is 2.70 bits per heavy atom. The first-order valence-electron chi connectivity index (χ1n) is 9.01. The van der Waals surface area contributed by atoms with Gasteiger partial charge in [0, 0.05) is 17.9 Å². The van der Waals surface area contributed by atoms with Gasteiger partial charge in [-0.25, -0.2) is 18.7 Å². The minimum Gasteiger partial charge on any atom is -0.358 e. The SMILES string of the molecule is Cc1nc2ccc(C(F)F)cc2[nH]1.O=CNCCSc1nc2ccccc2c(=O)[nH]1. The first-order valence-corrected chi connectivity index (χ1v) is 10.00. The highest BCUT2D eigenvalue weighted by Gasteiger charge is 2.08. The summed E-state index contributed by atoms with van der Waals surface area (Å²) >= 11 is 1.40. The standard InChI is InChI=1S/C11H11N3O2S.C9H8F2N2/c15-7-12-5-6-17-11-13-9-4-2-1-3-8(9)10(16)14-11;1-5-12-7-3-2-6(9(10)11)4-8(7)13-5/h1-4,7H,5-6H2,(H,12,15)(H,13,14,16);2-4,9H,1H3,(H,12,13). The topological polar surface area (TPSA) is 104 Å². The molecular weight excluding hydrogens is 412 g/mol. The van der Waals surface area contributed by atoms with Crippen molar-refractivity contribution in [3.63, 3.8) is 0 Å². The predicted molar refractivity (Wildman–Crippen MR) is 113 cm³/mol. The number of carbonyl (C=O) groups excluding carboxylic acids is 1. The van der Waals surface area contributed by atoms with Crippen LogP contribution in [0.25, 0.3) is 21.9 Å². The van der Waals surface area contributed by atoms with Gasteiger partial charge in [0.05, 0.1) is 21.9 Å². The van der Waals surface area contributed by atoms with Gasteiger partial charge in [0.2, 0.25) is 6.41 Å². The second-order valence-corrected chi connectivity index (χ2v) is 7.29. The number of aromatic amines is 2. The zero-order chi connectivity index (χ0) is 21.5. The molecule has 2 aromatic carbocycles. The number of para-hydroxylation sites is 1. The van der Waals surface area contributed by atoms with Crippen molar-refractivity contribution in [2.24, 2.45) is 0 Å². The number of imidazole rings is 1. The molecule has 0 unspecified atom stereocenters. The Balaban J connectivity index is 0.000000177. The molecule has 0 aliphatic rings. The number of alkyl halides is 2. The van der Waals surface area contributed by atoms with Gasteiger partial charge in [0.15, 0.2) is 5.16 Å². The van der Waals surface area contributed by atoms with Crippen LogP contribution in [-0.2, 0) is 4.79 Å². The largest absolute Gasteiger partial charge is 0.358 e. The molecule has 0 bridgehead atoms. The molecule has 10 heteroatoms. The lowest BCUT2D eigenvalue weighted by Gasteiger charge is -2.02. The van der Waals surface area contributed by atoms with Crippen molar-refractivity contribution in [3.05, 3.63) is 64.2 Å². The molecule has 0 spiro atoms. The van der Waals surface area contributed by atoms with E-state index in [0.29, 0.717) is 40.3 Å². The van der Waals surface area contributed by atoms with Gasteiger partial charge in [-0.2, -0.15) is 0 Å². The smallest absolute Gasteiger partial charge is 0.263 e. The second-order valence-electron chi connectivity index (χ2n) is 6.21. The zero-order valence-corrected chi connectivity index (χ0v) is 16.8. The van der Waals surface area contributed by atoms with Crippen LogP contribution in [-0.4, -0.2) is 38.6 Å². The third-order valence-corrected chi connectivity index (χ3v) is 4.91. The van der Waals surface area contributed by atoms with Crippen LogP contribution in [0.3, 0.4) is 0 Å². The summed E-state index contributed by atoms with van der Waals surface area (Å²) in [6, 6.07) is 11.6. The minimum atomic E-state index is -2.42.